The normalized spacial score (nSPS) is 9.79. The number of carbonyl (C=O) groups excluding carboxylic acids is 1. The first-order valence-corrected chi connectivity index (χ1v) is 4.73. The summed E-state index contributed by atoms with van der Waals surface area (Å²) in [6, 6.07) is 5.20. The van der Waals surface area contributed by atoms with Crippen molar-refractivity contribution in [3.05, 3.63) is 34.2 Å². The predicted octanol–water partition coefficient (Wildman–Crippen LogP) is 3.24. The van der Waals surface area contributed by atoms with Gasteiger partial charge >= 0.3 is 0 Å². The number of nitroso groups, excluding NO2 is 1. The smallest absolute Gasteiger partial charge is 0.152 e. The van der Waals surface area contributed by atoms with E-state index in [1.54, 1.807) is 12.1 Å². The molecule has 0 aliphatic carbocycles. The van der Waals surface area contributed by atoms with Crippen molar-refractivity contribution in [3.63, 3.8) is 0 Å². The summed E-state index contributed by atoms with van der Waals surface area (Å²) in [5, 5.41) is 2.83. The molecule has 14 heavy (non-hydrogen) atoms. The molecule has 74 valence electrons. The Hall–Kier alpha value is -1.51. The van der Waals surface area contributed by atoms with Gasteiger partial charge in [0.15, 0.2) is 6.29 Å². The maximum absolute atomic E-state index is 10.5. The molecule has 0 fully saturated rings. The Morgan fingerprint density at radius 3 is 2.79 bits per heavy atom. The third kappa shape index (κ3) is 2.49. The lowest BCUT2D eigenvalue weighted by Gasteiger charge is -2.01. The first-order valence-electron chi connectivity index (χ1n) is 4.73. The Morgan fingerprint density at radius 2 is 2.21 bits per heavy atom. The molecule has 1 aromatic carbocycles. The SMILES string of the molecule is CCCCc1ccc(C=O)c(N=O)c1. The summed E-state index contributed by atoms with van der Waals surface area (Å²) < 4.78 is 0. The van der Waals surface area contributed by atoms with E-state index in [4.69, 9.17) is 0 Å². The monoisotopic (exact) mass is 191 g/mol. The zero-order valence-electron chi connectivity index (χ0n) is 8.19. The molecular formula is C11H13NO2. The van der Waals surface area contributed by atoms with E-state index >= 15 is 0 Å². The van der Waals surface area contributed by atoms with Crippen molar-refractivity contribution in [3.8, 4) is 0 Å². The van der Waals surface area contributed by atoms with Crippen LogP contribution >= 0.6 is 0 Å². The van der Waals surface area contributed by atoms with Gasteiger partial charge in [-0.15, -0.1) is 4.91 Å². The van der Waals surface area contributed by atoms with Crippen LogP contribution in [-0.2, 0) is 6.42 Å². The van der Waals surface area contributed by atoms with Gasteiger partial charge in [0.1, 0.15) is 5.69 Å². The van der Waals surface area contributed by atoms with Gasteiger partial charge in [0.05, 0.1) is 0 Å². The highest BCUT2D eigenvalue weighted by molar-refractivity contribution is 5.82. The molecule has 3 nitrogen and oxygen atoms in total. The summed E-state index contributed by atoms with van der Waals surface area (Å²) in [6.45, 7) is 2.11. The molecule has 0 spiro atoms. The van der Waals surface area contributed by atoms with Crippen LogP contribution in [0.25, 0.3) is 0 Å². The standard InChI is InChI=1S/C11H13NO2/c1-2-3-4-9-5-6-10(8-13)11(7-9)12-14/h5-8H,2-4H2,1H3. The molecule has 0 aliphatic rings. The van der Waals surface area contributed by atoms with Gasteiger partial charge in [-0.2, -0.15) is 0 Å². The molecule has 0 heterocycles. The second kappa shape index (κ2) is 5.27. The van der Waals surface area contributed by atoms with E-state index in [2.05, 4.69) is 12.1 Å². The van der Waals surface area contributed by atoms with E-state index in [-0.39, 0.29) is 5.69 Å². The number of rotatable bonds is 5. The Kier molecular flexibility index (Phi) is 3.98. The first-order chi connectivity index (χ1) is 6.81. The molecule has 3 heteroatoms. The maximum atomic E-state index is 10.5. The van der Waals surface area contributed by atoms with Crippen LogP contribution in [0.15, 0.2) is 23.4 Å². The summed E-state index contributed by atoms with van der Waals surface area (Å²) in [5.41, 5.74) is 1.67. The molecule has 0 saturated carbocycles. The van der Waals surface area contributed by atoms with Crippen LogP contribution < -0.4 is 0 Å². The molecule has 0 amide bonds. The van der Waals surface area contributed by atoms with Crippen LogP contribution in [0.4, 0.5) is 5.69 Å². The molecule has 1 aromatic rings. The van der Waals surface area contributed by atoms with Crippen molar-refractivity contribution < 1.29 is 4.79 Å². The fourth-order valence-electron chi connectivity index (χ4n) is 1.30. The summed E-state index contributed by atoms with van der Waals surface area (Å²) in [6.07, 6.45) is 3.77. The number of carbonyl (C=O) groups is 1. The summed E-state index contributed by atoms with van der Waals surface area (Å²) in [4.78, 5) is 20.9. The Labute approximate surface area is 83.1 Å². The molecule has 0 radical (unpaired) electrons. The minimum Gasteiger partial charge on any atom is -0.298 e. The zero-order valence-corrected chi connectivity index (χ0v) is 8.19. The van der Waals surface area contributed by atoms with Crippen molar-refractivity contribution in [1.82, 2.24) is 0 Å². The molecule has 0 unspecified atom stereocenters. The topological polar surface area (TPSA) is 46.5 Å². The van der Waals surface area contributed by atoms with Gasteiger partial charge < -0.3 is 0 Å². The number of hydrogen-bond donors (Lipinski definition) is 0. The van der Waals surface area contributed by atoms with Crippen molar-refractivity contribution in [1.29, 1.82) is 0 Å². The first kappa shape index (κ1) is 10.6. The largest absolute Gasteiger partial charge is 0.298 e. The molecule has 1 rings (SSSR count). The van der Waals surface area contributed by atoms with Crippen LogP contribution in [0.2, 0.25) is 0 Å². The highest BCUT2D eigenvalue weighted by atomic mass is 16.3. The molecule has 0 atom stereocenters. The quantitative estimate of drug-likeness (QED) is 0.529. The molecule has 0 bridgehead atoms. The number of aryl methyl sites for hydroxylation is 1. The van der Waals surface area contributed by atoms with Gasteiger partial charge in [0, 0.05) is 5.56 Å². The lowest BCUT2D eigenvalue weighted by molar-refractivity contribution is 0.112. The number of aldehydes is 1. The Balaban J connectivity index is 2.89. The fourth-order valence-corrected chi connectivity index (χ4v) is 1.30. The average molecular weight is 191 g/mol. The molecular weight excluding hydrogens is 178 g/mol. The lowest BCUT2D eigenvalue weighted by atomic mass is 10.1. The van der Waals surface area contributed by atoms with Gasteiger partial charge in [0.2, 0.25) is 0 Å². The third-order valence-corrected chi connectivity index (χ3v) is 2.14. The summed E-state index contributed by atoms with van der Waals surface area (Å²) in [5.74, 6) is 0. The fraction of sp³-hybridized carbons (Fsp3) is 0.364. The summed E-state index contributed by atoms with van der Waals surface area (Å²) >= 11 is 0. The molecule has 0 N–H and O–H groups in total. The maximum Gasteiger partial charge on any atom is 0.152 e. The van der Waals surface area contributed by atoms with E-state index in [0.29, 0.717) is 11.8 Å². The Morgan fingerprint density at radius 1 is 1.43 bits per heavy atom. The van der Waals surface area contributed by atoms with E-state index < -0.39 is 0 Å². The van der Waals surface area contributed by atoms with Gasteiger partial charge in [-0.05, 0) is 35.7 Å². The van der Waals surface area contributed by atoms with Gasteiger partial charge in [-0.25, -0.2) is 0 Å². The van der Waals surface area contributed by atoms with Crippen LogP contribution in [-0.4, -0.2) is 6.29 Å². The van der Waals surface area contributed by atoms with Crippen LogP contribution in [0.5, 0.6) is 0 Å². The Bertz CT molecular complexity index is 334. The van der Waals surface area contributed by atoms with Gasteiger partial charge in [0.25, 0.3) is 0 Å². The second-order valence-electron chi connectivity index (χ2n) is 3.21. The predicted molar refractivity (Wildman–Crippen MR) is 55.9 cm³/mol. The van der Waals surface area contributed by atoms with Crippen molar-refractivity contribution in [2.45, 2.75) is 26.2 Å². The van der Waals surface area contributed by atoms with E-state index in [1.165, 1.54) is 0 Å². The van der Waals surface area contributed by atoms with Gasteiger partial charge in [-0.1, -0.05) is 19.4 Å². The minimum atomic E-state index is 0.244. The van der Waals surface area contributed by atoms with E-state index in [9.17, 15) is 9.70 Å². The average Bonchev–Trinajstić information content (AvgIpc) is 2.25. The minimum absolute atomic E-state index is 0.244. The summed E-state index contributed by atoms with van der Waals surface area (Å²) in [7, 11) is 0. The number of hydrogen-bond acceptors (Lipinski definition) is 3. The van der Waals surface area contributed by atoms with Crippen LogP contribution in [0, 0.1) is 4.91 Å². The number of unbranched alkanes of at least 4 members (excludes halogenated alkanes) is 1. The van der Waals surface area contributed by atoms with Gasteiger partial charge in [-0.3, -0.25) is 4.79 Å². The van der Waals surface area contributed by atoms with E-state index in [1.807, 2.05) is 6.07 Å². The highest BCUT2D eigenvalue weighted by Crippen LogP contribution is 2.20. The van der Waals surface area contributed by atoms with Crippen molar-refractivity contribution >= 4 is 12.0 Å². The molecule has 0 aromatic heterocycles. The van der Waals surface area contributed by atoms with Crippen molar-refractivity contribution in [2.75, 3.05) is 0 Å². The number of nitrogens with zero attached hydrogens (tertiary/aromatic N) is 1. The lowest BCUT2D eigenvalue weighted by Crippen LogP contribution is -1.87. The number of benzene rings is 1. The second-order valence-corrected chi connectivity index (χ2v) is 3.21. The third-order valence-electron chi connectivity index (χ3n) is 2.14. The molecule has 0 aliphatic heterocycles. The van der Waals surface area contributed by atoms with Crippen LogP contribution in [0.1, 0.15) is 35.7 Å². The molecule has 0 saturated heterocycles. The highest BCUT2D eigenvalue weighted by Gasteiger charge is 2.02. The zero-order chi connectivity index (χ0) is 10.4. The van der Waals surface area contributed by atoms with Crippen LogP contribution in [0.3, 0.4) is 0 Å². The van der Waals surface area contributed by atoms with E-state index in [0.717, 1.165) is 24.8 Å². The van der Waals surface area contributed by atoms with Crippen molar-refractivity contribution in [2.24, 2.45) is 5.18 Å².